The third-order valence-electron chi connectivity index (χ3n) is 6.40. The van der Waals surface area contributed by atoms with Gasteiger partial charge < -0.3 is 5.32 Å². The van der Waals surface area contributed by atoms with Crippen LogP contribution in [-0.4, -0.2) is 36.6 Å². The Hall–Kier alpha value is -2.49. The van der Waals surface area contributed by atoms with E-state index in [-0.39, 0.29) is 46.6 Å². The van der Waals surface area contributed by atoms with Crippen LogP contribution in [0.2, 0.25) is 5.02 Å². The molecule has 8 nitrogen and oxygen atoms in total. The Morgan fingerprint density at radius 3 is 2.33 bits per heavy atom. The van der Waals surface area contributed by atoms with Crippen LogP contribution in [0, 0.1) is 28.9 Å². The average molecular weight is 492 g/mol. The molecule has 0 radical (unpaired) electrons. The topological polar surface area (TPSA) is 110 Å². The second-order valence-electron chi connectivity index (χ2n) is 8.78. The van der Waals surface area contributed by atoms with Crippen LogP contribution < -0.4 is 5.32 Å². The van der Waals surface area contributed by atoms with E-state index in [4.69, 9.17) is 11.6 Å². The number of benzene rings is 2. The largest absolute Gasteiger partial charge is 0.349 e. The highest BCUT2D eigenvalue weighted by atomic mass is 35.5. The van der Waals surface area contributed by atoms with Crippen molar-refractivity contribution in [3.8, 4) is 0 Å². The van der Waals surface area contributed by atoms with Crippen LogP contribution in [0.25, 0.3) is 0 Å². The SMILES string of the molecule is Cc1ccc([C@H](NC(=O)C2CCN(S(=O)(=O)c3cc([N+](=O)[O-])ccc3Cl)CC2)C2CC2)cc1. The van der Waals surface area contributed by atoms with Crippen molar-refractivity contribution in [3.63, 3.8) is 0 Å². The predicted molar refractivity (Wildman–Crippen MR) is 124 cm³/mol. The van der Waals surface area contributed by atoms with Crippen molar-refractivity contribution in [2.45, 2.75) is 43.5 Å². The van der Waals surface area contributed by atoms with Crippen molar-refractivity contribution >= 4 is 33.2 Å². The zero-order valence-electron chi connectivity index (χ0n) is 18.2. The Kier molecular flexibility index (Phi) is 6.74. The molecule has 1 amide bonds. The van der Waals surface area contributed by atoms with Crippen molar-refractivity contribution in [2.24, 2.45) is 11.8 Å². The molecule has 1 heterocycles. The van der Waals surface area contributed by atoms with Gasteiger partial charge in [0.05, 0.1) is 16.0 Å². The lowest BCUT2D eigenvalue weighted by Gasteiger charge is -2.31. The summed E-state index contributed by atoms with van der Waals surface area (Å²) in [5, 5.41) is 14.2. The molecule has 2 aromatic rings. The summed E-state index contributed by atoms with van der Waals surface area (Å²) in [4.78, 5) is 23.1. The number of carbonyl (C=O) groups excluding carboxylic acids is 1. The molecule has 2 fully saturated rings. The van der Waals surface area contributed by atoms with E-state index in [0.29, 0.717) is 18.8 Å². The Balaban J connectivity index is 1.42. The van der Waals surface area contributed by atoms with E-state index >= 15 is 0 Å². The number of nitrogens with one attached hydrogen (secondary N) is 1. The van der Waals surface area contributed by atoms with Crippen LogP contribution >= 0.6 is 11.6 Å². The number of nitro benzene ring substituents is 1. The second-order valence-corrected chi connectivity index (χ2v) is 11.1. The lowest BCUT2D eigenvalue weighted by atomic mass is 9.95. The van der Waals surface area contributed by atoms with Crippen LogP contribution in [0.4, 0.5) is 5.69 Å². The number of carbonyl (C=O) groups is 1. The third-order valence-corrected chi connectivity index (χ3v) is 8.78. The van der Waals surface area contributed by atoms with E-state index in [1.165, 1.54) is 16.4 Å². The number of nitrogens with zero attached hydrogens (tertiary/aromatic N) is 2. The molecular weight excluding hydrogens is 466 g/mol. The number of rotatable bonds is 7. The van der Waals surface area contributed by atoms with Crippen molar-refractivity contribution in [1.82, 2.24) is 9.62 Å². The number of sulfonamides is 1. The van der Waals surface area contributed by atoms with Gasteiger partial charge in [-0.15, -0.1) is 0 Å². The van der Waals surface area contributed by atoms with E-state index in [2.05, 4.69) is 17.4 Å². The highest BCUT2D eigenvalue weighted by Gasteiger charge is 2.37. The fraction of sp³-hybridized carbons (Fsp3) is 0.435. The molecule has 1 atom stereocenters. The molecule has 2 aromatic carbocycles. The smallest absolute Gasteiger partial charge is 0.270 e. The maximum atomic E-state index is 13.1. The van der Waals surface area contributed by atoms with Gasteiger partial charge in [-0.25, -0.2) is 8.42 Å². The van der Waals surface area contributed by atoms with Gasteiger partial charge in [0.2, 0.25) is 15.9 Å². The average Bonchev–Trinajstić information content (AvgIpc) is 3.63. The molecule has 0 aromatic heterocycles. The van der Waals surface area contributed by atoms with Crippen molar-refractivity contribution in [1.29, 1.82) is 0 Å². The fourth-order valence-corrected chi connectivity index (χ4v) is 6.21. The standard InChI is InChI=1S/C23H26ClN3O5S/c1-15-2-4-16(5-3-15)22(17-6-7-17)25-23(28)18-10-12-26(13-11-18)33(31,32)21-14-19(27(29)30)8-9-20(21)24/h2-5,8-9,14,17-18,22H,6-7,10-13H2,1H3,(H,25,28)/t22-/m0/s1. The molecule has 1 aliphatic heterocycles. The number of nitro groups is 1. The monoisotopic (exact) mass is 491 g/mol. The van der Waals surface area contributed by atoms with Crippen molar-refractivity contribution in [2.75, 3.05) is 13.1 Å². The Morgan fingerprint density at radius 2 is 1.76 bits per heavy atom. The number of amides is 1. The first-order valence-corrected chi connectivity index (χ1v) is 12.8. The molecule has 10 heteroatoms. The number of non-ortho nitro benzene ring substituents is 1. The second kappa shape index (κ2) is 9.40. The van der Waals surface area contributed by atoms with E-state index in [0.717, 1.165) is 30.0 Å². The van der Waals surface area contributed by atoms with E-state index < -0.39 is 14.9 Å². The molecule has 0 unspecified atom stereocenters. The van der Waals surface area contributed by atoms with Gasteiger partial charge >= 0.3 is 0 Å². The summed E-state index contributed by atoms with van der Waals surface area (Å²) < 4.78 is 27.4. The number of halogens is 1. The molecule has 4 rings (SSSR count). The van der Waals surface area contributed by atoms with Gasteiger partial charge in [0, 0.05) is 31.1 Å². The molecule has 0 bridgehead atoms. The summed E-state index contributed by atoms with van der Waals surface area (Å²) in [5.74, 6) is 0.0924. The summed E-state index contributed by atoms with van der Waals surface area (Å²) in [5.41, 5.74) is 1.92. The number of hydrogen-bond acceptors (Lipinski definition) is 5. The van der Waals surface area contributed by atoms with E-state index in [1.807, 2.05) is 19.1 Å². The van der Waals surface area contributed by atoms with Crippen LogP contribution in [0.15, 0.2) is 47.4 Å². The molecule has 33 heavy (non-hydrogen) atoms. The summed E-state index contributed by atoms with van der Waals surface area (Å²) in [6, 6.07) is 11.5. The molecule has 0 spiro atoms. The van der Waals surface area contributed by atoms with Crippen molar-refractivity contribution < 1.29 is 18.1 Å². The van der Waals surface area contributed by atoms with Gasteiger partial charge in [-0.3, -0.25) is 14.9 Å². The fourth-order valence-electron chi connectivity index (χ4n) is 4.25. The lowest BCUT2D eigenvalue weighted by molar-refractivity contribution is -0.385. The van der Waals surface area contributed by atoms with Gasteiger partial charge in [0.1, 0.15) is 4.90 Å². The van der Waals surface area contributed by atoms with E-state index in [1.54, 1.807) is 0 Å². The molecule has 1 aliphatic carbocycles. The van der Waals surface area contributed by atoms with Crippen LogP contribution in [-0.2, 0) is 14.8 Å². The third kappa shape index (κ3) is 5.20. The molecule has 2 aliphatic rings. The maximum absolute atomic E-state index is 13.1. The first-order valence-electron chi connectivity index (χ1n) is 11.0. The van der Waals surface area contributed by atoms with Crippen LogP contribution in [0.1, 0.15) is 42.9 Å². The molecule has 1 saturated carbocycles. The number of hydrogen-bond donors (Lipinski definition) is 1. The van der Waals surface area contributed by atoms with E-state index in [9.17, 15) is 23.3 Å². The highest BCUT2D eigenvalue weighted by Crippen LogP contribution is 2.41. The zero-order chi connectivity index (χ0) is 23.8. The quantitative estimate of drug-likeness (QED) is 0.460. The summed E-state index contributed by atoms with van der Waals surface area (Å²) in [7, 11) is -4.01. The minimum Gasteiger partial charge on any atom is -0.349 e. The van der Waals surface area contributed by atoms with Gasteiger partial charge in [0.25, 0.3) is 5.69 Å². The minimum atomic E-state index is -4.01. The molecular formula is C23H26ClN3O5S. The maximum Gasteiger partial charge on any atom is 0.270 e. The Labute approximate surface area is 198 Å². The molecule has 1 N–H and O–H groups in total. The minimum absolute atomic E-state index is 0.0245. The summed E-state index contributed by atoms with van der Waals surface area (Å²) in [6.07, 6.45) is 2.92. The van der Waals surface area contributed by atoms with Gasteiger partial charge in [-0.2, -0.15) is 4.31 Å². The van der Waals surface area contributed by atoms with Crippen LogP contribution in [0.5, 0.6) is 0 Å². The van der Waals surface area contributed by atoms with Crippen LogP contribution in [0.3, 0.4) is 0 Å². The lowest BCUT2D eigenvalue weighted by Crippen LogP contribution is -2.44. The summed E-state index contributed by atoms with van der Waals surface area (Å²) in [6.45, 7) is 2.33. The normalized spacial score (nSPS) is 18.6. The first-order chi connectivity index (χ1) is 15.7. The first kappa shape index (κ1) is 23.7. The van der Waals surface area contributed by atoms with Gasteiger partial charge in [-0.1, -0.05) is 41.4 Å². The van der Waals surface area contributed by atoms with Gasteiger partial charge in [0.15, 0.2) is 0 Å². The molecule has 176 valence electrons. The predicted octanol–water partition coefficient (Wildman–Crippen LogP) is 4.22. The van der Waals surface area contributed by atoms with Crippen molar-refractivity contribution in [3.05, 3.63) is 68.7 Å². The van der Waals surface area contributed by atoms with Gasteiger partial charge in [-0.05, 0) is 50.2 Å². The number of piperidine rings is 1. The Bertz CT molecular complexity index is 1160. The molecule has 1 saturated heterocycles. The summed E-state index contributed by atoms with van der Waals surface area (Å²) >= 11 is 6.05. The Morgan fingerprint density at radius 1 is 1.12 bits per heavy atom. The highest BCUT2D eigenvalue weighted by molar-refractivity contribution is 7.89. The zero-order valence-corrected chi connectivity index (χ0v) is 19.8. The number of aryl methyl sites for hydroxylation is 1.